The van der Waals surface area contributed by atoms with Crippen molar-refractivity contribution in [2.24, 2.45) is 0 Å². The first kappa shape index (κ1) is 16.0. The van der Waals surface area contributed by atoms with Crippen LogP contribution in [0.15, 0.2) is 66.9 Å². The molecule has 0 saturated carbocycles. The number of aromatic amines is 1. The fourth-order valence-corrected chi connectivity index (χ4v) is 3.65. The lowest BCUT2D eigenvalue weighted by Crippen LogP contribution is -2.46. The van der Waals surface area contributed by atoms with Crippen LogP contribution in [0.4, 0.5) is 5.82 Å². The van der Waals surface area contributed by atoms with Gasteiger partial charge in [-0.05, 0) is 29.8 Å². The Balaban J connectivity index is 1.45. The highest BCUT2D eigenvalue weighted by Gasteiger charge is 2.22. The first-order valence-corrected chi connectivity index (χ1v) is 9.18. The van der Waals surface area contributed by atoms with E-state index < -0.39 is 0 Å². The fourth-order valence-electron chi connectivity index (χ4n) is 3.65. The Morgan fingerprint density at radius 2 is 1.89 bits per heavy atom. The molecule has 2 N–H and O–H groups in total. The maximum Gasteiger partial charge on any atom is 0.181 e. The Morgan fingerprint density at radius 1 is 0.963 bits per heavy atom. The number of nitrogens with zero attached hydrogens (tertiary/aromatic N) is 4. The van der Waals surface area contributed by atoms with Crippen LogP contribution in [0.1, 0.15) is 11.6 Å². The number of H-pyrrole nitrogens is 1. The zero-order chi connectivity index (χ0) is 18.1. The summed E-state index contributed by atoms with van der Waals surface area (Å²) in [6.45, 7) is 2.76. The molecule has 1 fully saturated rings. The third-order valence-electron chi connectivity index (χ3n) is 5.02. The van der Waals surface area contributed by atoms with Gasteiger partial charge in [0, 0.05) is 37.3 Å². The number of benzene rings is 1. The van der Waals surface area contributed by atoms with Crippen LogP contribution < -0.4 is 10.2 Å². The molecule has 6 nitrogen and oxygen atoms in total. The average molecular weight is 356 g/mol. The first-order valence-electron chi connectivity index (χ1n) is 9.18. The van der Waals surface area contributed by atoms with E-state index in [1.807, 2.05) is 18.2 Å². The van der Waals surface area contributed by atoms with E-state index in [2.05, 4.69) is 67.9 Å². The van der Waals surface area contributed by atoms with Crippen molar-refractivity contribution in [1.82, 2.24) is 25.5 Å². The largest absolute Gasteiger partial charge is 0.353 e. The number of hydrogen-bond acceptors (Lipinski definition) is 5. The molecule has 5 rings (SSSR count). The second-order valence-electron chi connectivity index (χ2n) is 6.72. The van der Waals surface area contributed by atoms with E-state index in [1.165, 1.54) is 5.56 Å². The fraction of sp³-hybridized carbons (Fsp3) is 0.190. The topological polar surface area (TPSA) is 69.7 Å². The summed E-state index contributed by atoms with van der Waals surface area (Å²) in [5.74, 6) is 0.988. The van der Waals surface area contributed by atoms with E-state index in [0.29, 0.717) is 11.7 Å². The second kappa shape index (κ2) is 6.81. The van der Waals surface area contributed by atoms with Gasteiger partial charge in [0.2, 0.25) is 0 Å². The molecule has 1 atom stereocenters. The van der Waals surface area contributed by atoms with Crippen molar-refractivity contribution in [3.63, 3.8) is 0 Å². The summed E-state index contributed by atoms with van der Waals surface area (Å²) in [7, 11) is 0. The zero-order valence-corrected chi connectivity index (χ0v) is 14.8. The van der Waals surface area contributed by atoms with Crippen molar-refractivity contribution < 1.29 is 0 Å². The molecule has 1 aliphatic heterocycles. The maximum atomic E-state index is 4.92. The molecule has 1 aromatic carbocycles. The van der Waals surface area contributed by atoms with E-state index in [0.717, 1.165) is 42.2 Å². The third-order valence-corrected chi connectivity index (χ3v) is 5.02. The lowest BCUT2D eigenvalue weighted by Gasteiger charge is -2.35. The highest BCUT2D eigenvalue weighted by atomic mass is 15.2. The minimum Gasteiger partial charge on any atom is -0.353 e. The lowest BCUT2D eigenvalue weighted by atomic mass is 10.0. The quantitative estimate of drug-likeness (QED) is 0.590. The van der Waals surface area contributed by atoms with Crippen LogP contribution in [0.25, 0.3) is 22.4 Å². The number of hydrogen-bond donors (Lipinski definition) is 2. The molecule has 134 valence electrons. The van der Waals surface area contributed by atoms with E-state index >= 15 is 0 Å². The number of anilines is 1. The van der Waals surface area contributed by atoms with E-state index in [1.54, 1.807) is 6.20 Å². The summed E-state index contributed by atoms with van der Waals surface area (Å²) in [5, 5.41) is 12.0. The average Bonchev–Trinajstić information content (AvgIpc) is 3.19. The van der Waals surface area contributed by atoms with Gasteiger partial charge in [0.05, 0.1) is 11.4 Å². The molecular weight excluding hydrogens is 336 g/mol. The molecular formula is C21H20N6. The highest BCUT2D eigenvalue weighted by Crippen LogP contribution is 2.27. The smallest absolute Gasteiger partial charge is 0.181 e. The van der Waals surface area contributed by atoms with Gasteiger partial charge >= 0.3 is 0 Å². The maximum absolute atomic E-state index is 4.92. The van der Waals surface area contributed by atoms with Gasteiger partial charge in [-0.25, -0.2) is 9.97 Å². The van der Waals surface area contributed by atoms with Gasteiger partial charge in [-0.3, -0.25) is 5.10 Å². The summed E-state index contributed by atoms with van der Waals surface area (Å²) in [6, 6.07) is 21.0. The van der Waals surface area contributed by atoms with Gasteiger partial charge in [-0.15, -0.1) is 0 Å². The molecule has 0 radical (unpaired) electrons. The number of aromatic nitrogens is 4. The number of fused-ring (bicyclic) bond motifs is 1. The van der Waals surface area contributed by atoms with E-state index in [-0.39, 0.29) is 0 Å². The van der Waals surface area contributed by atoms with Crippen LogP contribution in [-0.2, 0) is 0 Å². The predicted octanol–water partition coefficient (Wildman–Crippen LogP) is 3.17. The normalized spacial score (nSPS) is 17.3. The monoisotopic (exact) mass is 356 g/mol. The second-order valence-corrected chi connectivity index (χ2v) is 6.72. The standard InChI is InChI=1S/C21H20N6/c1-2-6-15(7-3-1)18-14-27(13-12-22-18)19-10-4-9-17(24-19)20-16-8-5-11-23-21(16)26-25-20/h1-11,18,22H,12-14H2,(H,23,25,26)/t18-/m0/s1. The Hall–Kier alpha value is -3.25. The summed E-state index contributed by atoms with van der Waals surface area (Å²) in [5.41, 5.74) is 3.82. The zero-order valence-electron chi connectivity index (χ0n) is 14.8. The molecule has 0 amide bonds. The Kier molecular flexibility index (Phi) is 4.03. The lowest BCUT2D eigenvalue weighted by molar-refractivity contribution is 0.470. The molecule has 0 unspecified atom stereocenters. The van der Waals surface area contributed by atoms with Crippen LogP contribution >= 0.6 is 0 Å². The van der Waals surface area contributed by atoms with Crippen molar-refractivity contribution in [1.29, 1.82) is 0 Å². The Labute approximate surface area is 157 Å². The number of nitrogens with one attached hydrogen (secondary N) is 2. The van der Waals surface area contributed by atoms with Gasteiger partial charge < -0.3 is 10.2 Å². The van der Waals surface area contributed by atoms with Crippen molar-refractivity contribution in [3.05, 3.63) is 72.4 Å². The summed E-state index contributed by atoms with van der Waals surface area (Å²) in [6.07, 6.45) is 1.75. The SMILES string of the molecule is c1ccc([C@@H]2CN(c3cccc(-c4[nH]nc5ncccc45)n3)CCN2)cc1. The van der Waals surface area contributed by atoms with Crippen LogP contribution in [-0.4, -0.2) is 39.8 Å². The number of rotatable bonds is 3. The van der Waals surface area contributed by atoms with Crippen molar-refractivity contribution in [2.75, 3.05) is 24.5 Å². The van der Waals surface area contributed by atoms with Gasteiger partial charge in [-0.2, -0.15) is 5.10 Å². The number of pyridine rings is 2. The van der Waals surface area contributed by atoms with Crippen LogP contribution in [0, 0.1) is 0 Å². The minimum absolute atomic E-state index is 0.308. The molecule has 0 aliphatic carbocycles. The summed E-state index contributed by atoms with van der Waals surface area (Å²) in [4.78, 5) is 11.6. The summed E-state index contributed by atoms with van der Waals surface area (Å²) >= 11 is 0. The molecule has 4 aromatic rings. The van der Waals surface area contributed by atoms with Gasteiger partial charge in [-0.1, -0.05) is 36.4 Å². The van der Waals surface area contributed by atoms with Gasteiger partial charge in [0.1, 0.15) is 5.82 Å². The molecule has 6 heteroatoms. The summed E-state index contributed by atoms with van der Waals surface area (Å²) < 4.78 is 0. The highest BCUT2D eigenvalue weighted by molar-refractivity contribution is 5.89. The molecule has 0 bridgehead atoms. The van der Waals surface area contributed by atoms with Gasteiger partial charge in [0.15, 0.2) is 5.65 Å². The number of piperazine rings is 1. The Morgan fingerprint density at radius 3 is 2.81 bits per heavy atom. The molecule has 1 saturated heterocycles. The first-order chi connectivity index (χ1) is 13.4. The van der Waals surface area contributed by atoms with Crippen LogP contribution in [0.5, 0.6) is 0 Å². The van der Waals surface area contributed by atoms with Crippen LogP contribution in [0.2, 0.25) is 0 Å². The molecule has 27 heavy (non-hydrogen) atoms. The van der Waals surface area contributed by atoms with Crippen molar-refractivity contribution in [2.45, 2.75) is 6.04 Å². The predicted molar refractivity (Wildman–Crippen MR) is 107 cm³/mol. The van der Waals surface area contributed by atoms with E-state index in [9.17, 15) is 0 Å². The van der Waals surface area contributed by atoms with Gasteiger partial charge in [0.25, 0.3) is 0 Å². The molecule has 3 aromatic heterocycles. The van der Waals surface area contributed by atoms with E-state index in [4.69, 9.17) is 4.98 Å². The Bertz CT molecular complexity index is 1060. The molecule has 1 aliphatic rings. The van der Waals surface area contributed by atoms with Crippen molar-refractivity contribution >= 4 is 16.9 Å². The minimum atomic E-state index is 0.308. The molecule has 4 heterocycles. The third kappa shape index (κ3) is 3.04. The molecule has 0 spiro atoms. The van der Waals surface area contributed by atoms with Crippen molar-refractivity contribution in [3.8, 4) is 11.4 Å². The van der Waals surface area contributed by atoms with Crippen LogP contribution in [0.3, 0.4) is 0 Å².